The average Bonchev–Trinajstić information content (AvgIpc) is 3.51. The number of thiazole rings is 1. The van der Waals surface area contributed by atoms with Gasteiger partial charge in [-0.1, -0.05) is 0 Å². The molecule has 11 heteroatoms. The summed E-state index contributed by atoms with van der Waals surface area (Å²) >= 11 is 1.26. The maximum Gasteiger partial charge on any atom is 0.260 e. The molecule has 35 heavy (non-hydrogen) atoms. The Morgan fingerprint density at radius 1 is 1.06 bits per heavy atom. The summed E-state index contributed by atoms with van der Waals surface area (Å²) in [5.41, 5.74) is 1.50. The fraction of sp³-hybridized carbons (Fsp3) is 0.333. The van der Waals surface area contributed by atoms with E-state index in [4.69, 9.17) is 13.9 Å². The first-order valence-electron chi connectivity index (χ1n) is 11.0. The van der Waals surface area contributed by atoms with E-state index in [2.05, 4.69) is 10.3 Å². The van der Waals surface area contributed by atoms with Crippen LogP contribution in [0.25, 0.3) is 0 Å². The summed E-state index contributed by atoms with van der Waals surface area (Å²) in [5.74, 6) is 1.09. The zero-order valence-electron chi connectivity index (χ0n) is 19.7. The lowest BCUT2D eigenvalue weighted by molar-refractivity contribution is -0.132. The molecular formula is C24H26N4O6S. The maximum atomic E-state index is 13.0. The zero-order valence-corrected chi connectivity index (χ0v) is 20.5. The second kappa shape index (κ2) is 10.6. The summed E-state index contributed by atoms with van der Waals surface area (Å²) in [6.45, 7) is 3.42. The van der Waals surface area contributed by atoms with Crippen molar-refractivity contribution in [3.05, 3.63) is 58.5 Å². The van der Waals surface area contributed by atoms with Gasteiger partial charge in [0.05, 0.1) is 38.2 Å². The Hall–Kier alpha value is -3.86. The molecule has 1 aliphatic rings. The van der Waals surface area contributed by atoms with Crippen molar-refractivity contribution in [1.29, 1.82) is 0 Å². The van der Waals surface area contributed by atoms with Crippen LogP contribution in [-0.4, -0.2) is 72.9 Å². The fourth-order valence-corrected chi connectivity index (χ4v) is 4.48. The lowest BCUT2D eigenvalue weighted by Crippen LogP contribution is -2.51. The third kappa shape index (κ3) is 5.62. The van der Waals surface area contributed by atoms with E-state index in [1.165, 1.54) is 31.8 Å². The van der Waals surface area contributed by atoms with Crippen molar-refractivity contribution in [3.63, 3.8) is 0 Å². The van der Waals surface area contributed by atoms with Crippen LogP contribution in [0.15, 0.2) is 40.3 Å². The summed E-state index contributed by atoms with van der Waals surface area (Å²) in [5, 5.41) is 4.90. The molecule has 1 saturated heterocycles. The maximum absolute atomic E-state index is 13.0. The molecular weight excluding hydrogens is 472 g/mol. The summed E-state index contributed by atoms with van der Waals surface area (Å²) in [4.78, 5) is 45.9. The fourth-order valence-electron chi connectivity index (χ4n) is 3.77. The molecule has 1 N–H and O–H groups in total. The third-order valence-electron chi connectivity index (χ3n) is 5.73. The van der Waals surface area contributed by atoms with Crippen molar-refractivity contribution in [1.82, 2.24) is 14.8 Å². The lowest BCUT2D eigenvalue weighted by atomic mass is 10.1. The predicted molar refractivity (Wildman–Crippen MR) is 129 cm³/mol. The SMILES string of the molecule is COc1cc(OC)cc(C(=O)N2CCN(C(=O)Cc3csc(NC(=O)c4ccoc4C)n3)CC2)c1. The van der Waals surface area contributed by atoms with Crippen molar-refractivity contribution in [2.45, 2.75) is 13.3 Å². The number of hydrogen-bond donors (Lipinski definition) is 1. The normalized spacial score (nSPS) is 13.5. The highest BCUT2D eigenvalue weighted by atomic mass is 32.1. The molecule has 0 spiro atoms. The number of carbonyl (C=O) groups is 3. The van der Waals surface area contributed by atoms with Crippen LogP contribution >= 0.6 is 11.3 Å². The smallest absolute Gasteiger partial charge is 0.260 e. The number of rotatable bonds is 7. The van der Waals surface area contributed by atoms with Gasteiger partial charge >= 0.3 is 0 Å². The van der Waals surface area contributed by atoms with Gasteiger partial charge in [0.1, 0.15) is 17.3 Å². The molecule has 4 rings (SSSR count). The van der Waals surface area contributed by atoms with Gasteiger partial charge in [-0.25, -0.2) is 4.98 Å². The average molecular weight is 499 g/mol. The van der Waals surface area contributed by atoms with Crippen molar-refractivity contribution >= 4 is 34.2 Å². The zero-order chi connectivity index (χ0) is 24.9. The summed E-state index contributed by atoms with van der Waals surface area (Å²) in [6.07, 6.45) is 1.58. The Morgan fingerprint density at radius 3 is 2.31 bits per heavy atom. The molecule has 0 unspecified atom stereocenters. The number of aryl methyl sites for hydroxylation is 1. The number of carbonyl (C=O) groups excluding carboxylic acids is 3. The number of aromatic nitrogens is 1. The molecule has 10 nitrogen and oxygen atoms in total. The molecule has 0 radical (unpaired) electrons. The van der Waals surface area contributed by atoms with E-state index in [0.717, 1.165) is 0 Å². The lowest BCUT2D eigenvalue weighted by Gasteiger charge is -2.34. The van der Waals surface area contributed by atoms with Crippen LogP contribution < -0.4 is 14.8 Å². The van der Waals surface area contributed by atoms with Gasteiger partial charge in [0.15, 0.2) is 5.13 Å². The van der Waals surface area contributed by atoms with E-state index in [9.17, 15) is 14.4 Å². The van der Waals surface area contributed by atoms with Crippen LogP contribution in [0, 0.1) is 6.92 Å². The van der Waals surface area contributed by atoms with Gasteiger partial charge in [0.2, 0.25) is 5.91 Å². The van der Waals surface area contributed by atoms with E-state index in [0.29, 0.717) is 65.4 Å². The van der Waals surface area contributed by atoms with Crippen LogP contribution in [0.4, 0.5) is 5.13 Å². The van der Waals surface area contributed by atoms with Gasteiger partial charge in [0, 0.05) is 43.2 Å². The number of benzene rings is 1. The van der Waals surface area contributed by atoms with Gasteiger partial charge in [-0.05, 0) is 25.1 Å². The monoisotopic (exact) mass is 498 g/mol. The minimum absolute atomic E-state index is 0.0750. The highest BCUT2D eigenvalue weighted by Gasteiger charge is 2.26. The van der Waals surface area contributed by atoms with Crippen molar-refractivity contribution in [3.8, 4) is 11.5 Å². The quantitative estimate of drug-likeness (QED) is 0.533. The minimum Gasteiger partial charge on any atom is -0.497 e. The molecule has 1 aliphatic heterocycles. The molecule has 1 fully saturated rings. The summed E-state index contributed by atoms with van der Waals surface area (Å²) < 4.78 is 15.7. The van der Waals surface area contributed by atoms with Crippen LogP contribution in [-0.2, 0) is 11.2 Å². The minimum atomic E-state index is -0.307. The number of amides is 3. The van der Waals surface area contributed by atoms with Gasteiger partial charge in [-0.3, -0.25) is 19.7 Å². The van der Waals surface area contributed by atoms with Crippen molar-refractivity contribution in [2.75, 3.05) is 45.7 Å². The number of anilines is 1. The van der Waals surface area contributed by atoms with E-state index in [1.54, 1.807) is 46.4 Å². The number of nitrogens with one attached hydrogen (secondary N) is 1. The van der Waals surface area contributed by atoms with Crippen LogP contribution in [0.5, 0.6) is 11.5 Å². The predicted octanol–water partition coefficient (Wildman–Crippen LogP) is 2.84. The van der Waals surface area contributed by atoms with Crippen LogP contribution in [0.2, 0.25) is 0 Å². The molecule has 0 bridgehead atoms. The van der Waals surface area contributed by atoms with Gasteiger partial charge in [0.25, 0.3) is 11.8 Å². The molecule has 0 saturated carbocycles. The second-order valence-electron chi connectivity index (χ2n) is 7.94. The third-order valence-corrected chi connectivity index (χ3v) is 6.53. The molecule has 3 amide bonds. The highest BCUT2D eigenvalue weighted by Crippen LogP contribution is 2.24. The Balaban J connectivity index is 1.30. The van der Waals surface area contributed by atoms with Crippen LogP contribution in [0.1, 0.15) is 32.2 Å². The van der Waals surface area contributed by atoms with Gasteiger partial charge in [-0.2, -0.15) is 0 Å². The number of nitrogens with zero attached hydrogens (tertiary/aromatic N) is 3. The molecule has 2 aromatic heterocycles. The molecule has 184 valence electrons. The molecule has 3 aromatic rings. The largest absolute Gasteiger partial charge is 0.497 e. The number of ether oxygens (including phenoxy) is 2. The standard InChI is InChI=1S/C24H26N4O6S/c1-15-20(4-9-34-15)22(30)26-24-25-17(14-35-24)12-21(29)27-5-7-28(8-6-27)23(31)16-10-18(32-2)13-19(11-16)33-3/h4,9-11,13-14H,5-8,12H2,1-3H3,(H,25,26,30). The molecule has 1 aromatic carbocycles. The topological polar surface area (TPSA) is 114 Å². The number of furan rings is 1. The number of hydrogen-bond acceptors (Lipinski definition) is 8. The van der Waals surface area contributed by atoms with E-state index in [1.807, 2.05) is 0 Å². The Kier molecular flexibility index (Phi) is 7.35. The first-order chi connectivity index (χ1) is 16.9. The van der Waals surface area contributed by atoms with Gasteiger partial charge < -0.3 is 23.7 Å². The Bertz CT molecular complexity index is 1210. The van der Waals surface area contributed by atoms with E-state index >= 15 is 0 Å². The summed E-state index contributed by atoms with van der Waals surface area (Å²) in [6, 6.07) is 6.66. The van der Waals surface area contributed by atoms with E-state index < -0.39 is 0 Å². The Morgan fingerprint density at radius 2 is 1.71 bits per heavy atom. The van der Waals surface area contributed by atoms with E-state index in [-0.39, 0.29) is 24.1 Å². The first-order valence-corrected chi connectivity index (χ1v) is 11.9. The second-order valence-corrected chi connectivity index (χ2v) is 8.80. The van der Waals surface area contributed by atoms with Crippen molar-refractivity contribution < 1.29 is 28.3 Å². The first kappa shape index (κ1) is 24.3. The highest BCUT2D eigenvalue weighted by molar-refractivity contribution is 7.14. The Labute approximate surface area is 206 Å². The molecule has 0 atom stereocenters. The number of methoxy groups -OCH3 is 2. The summed E-state index contributed by atoms with van der Waals surface area (Å²) in [7, 11) is 3.07. The van der Waals surface area contributed by atoms with Crippen molar-refractivity contribution in [2.24, 2.45) is 0 Å². The van der Waals surface area contributed by atoms with Gasteiger partial charge in [-0.15, -0.1) is 11.3 Å². The molecule has 3 heterocycles. The molecule has 0 aliphatic carbocycles. The van der Waals surface area contributed by atoms with Crippen LogP contribution in [0.3, 0.4) is 0 Å². The number of piperazine rings is 1.